The minimum atomic E-state index is 0.377. The number of anilines is 3. The Morgan fingerprint density at radius 1 is 1.06 bits per heavy atom. The summed E-state index contributed by atoms with van der Waals surface area (Å²) in [5.41, 5.74) is 6.25. The van der Waals surface area contributed by atoms with E-state index in [4.69, 9.17) is 15.2 Å². The van der Waals surface area contributed by atoms with Gasteiger partial charge in [0.05, 0.1) is 19.9 Å². The molecule has 0 radical (unpaired) electrons. The highest BCUT2D eigenvalue weighted by atomic mass is 16.5. The zero-order chi connectivity index (χ0) is 13.0. The van der Waals surface area contributed by atoms with Gasteiger partial charge in [-0.1, -0.05) is 0 Å². The van der Waals surface area contributed by atoms with Gasteiger partial charge < -0.3 is 20.5 Å². The third-order valence-corrected chi connectivity index (χ3v) is 2.36. The summed E-state index contributed by atoms with van der Waals surface area (Å²) in [7, 11) is 3.20. The number of methoxy groups -OCH3 is 2. The molecule has 18 heavy (non-hydrogen) atoms. The highest BCUT2D eigenvalue weighted by Crippen LogP contribution is 2.30. The molecule has 6 heteroatoms. The molecule has 0 spiro atoms. The Kier molecular flexibility index (Phi) is 3.47. The molecule has 1 aromatic carbocycles. The van der Waals surface area contributed by atoms with Gasteiger partial charge in [-0.3, -0.25) is 0 Å². The van der Waals surface area contributed by atoms with Crippen LogP contribution in [0.3, 0.4) is 0 Å². The number of hydrogen-bond acceptors (Lipinski definition) is 6. The van der Waals surface area contributed by atoms with E-state index in [2.05, 4.69) is 15.5 Å². The minimum Gasteiger partial charge on any atom is -0.497 e. The molecule has 0 aliphatic heterocycles. The second-order valence-electron chi connectivity index (χ2n) is 3.53. The number of nitrogens with two attached hydrogens (primary N) is 1. The van der Waals surface area contributed by atoms with E-state index in [0.29, 0.717) is 17.4 Å². The zero-order valence-electron chi connectivity index (χ0n) is 10.2. The number of benzene rings is 1. The Bertz CT molecular complexity index is 528. The van der Waals surface area contributed by atoms with Crippen LogP contribution in [-0.4, -0.2) is 24.4 Å². The smallest absolute Gasteiger partial charge is 0.153 e. The number of nitrogen functional groups attached to an aromatic ring is 1. The SMILES string of the molecule is COc1ccc(Nc2ccc(N)nn2)c(OC)c1. The van der Waals surface area contributed by atoms with E-state index in [0.717, 1.165) is 11.4 Å². The maximum atomic E-state index is 5.47. The lowest BCUT2D eigenvalue weighted by atomic mass is 10.2. The lowest BCUT2D eigenvalue weighted by Crippen LogP contribution is -2.00. The van der Waals surface area contributed by atoms with E-state index in [1.165, 1.54) is 0 Å². The number of ether oxygens (including phenoxy) is 2. The summed E-state index contributed by atoms with van der Waals surface area (Å²) in [6, 6.07) is 8.87. The predicted molar refractivity (Wildman–Crippen MR) is 69.3 cm³/mol. The summed E-state index contributed by atoms with van der Waals surface area (Å²) < 4.78 is 10.4. The first-order valence-electron chi connectivity index (χ1n) is 5.31. The normalized spacial score (nSPS) is 9.89. The van der Waals surface area contributed by atoms with Crippen LogP contribution in [0.15, 0.2) is 30.3 Å². The molecule has 2 rings (SSSR count). The topological polar surface area (TPSA) is 82.3 Å². The molecule has 0 saturated heterocycles. The molecule has 1 heterocycles. The van der Waals surface area contributed by atoms with Crippen molar-refractivity contribution in [3.8, 4) is 11.5 Å². The van der Waals surface area contributed by atoms with Crippen LogP contribution in [0.4, 0.5) is 17.3 Å². The van der Waals surface area contributed by atoms with Crippen LogP contribution in [-0.2, 0) is 0 Å². The Labute approximate surface area is 105 Å². The highest BCUT2D eigenvalue weighted by Gasteiger charge is 2.06. The van der Waals surface area contributed by atoms with Gasteiger partial charge in [0.2, 0.25) is 0 Å². The average molecular weight is 246 g/mol. The van der Waals surface area contributed by atoms with Crippen molar-refractivity contribution >= 4 is 17.3 Å². The molecular weight excluding hydrogens is 232 g/mol. The fourth-order valence-electron chi connectivity index (χ4n) is 1.45. The molecular formula is C12H14N4O2. The van der Waals surface area contributed by atoms with E-state index in [-0.39, 0.29) is 0 Å². The summed E-state index contributed by atoms with van der Waals surface area (Å²) in [4.78, 5) is 0. The summed E-state index contributed by atoms with van der Waals surface area (Å²) in [5.74, 6) is 2.35. The van der Waals surface area contributed by atoms with Gasteiger partial charge in [0, 0.05) is 6.07 Å². The number of hydrogen-bond donors (Lipinski definition) is 2. The Morgan fingerprint density at radius 2 is 1.89 bits per heavy atom. The molecule has 0 aliphatic carbocycles. The van der Waals surface area contributed by atoms with Crippen LogP contribution in [0.1, 0.15) is 0 Å². The number of nitrogens with zero attached hydrogens (tertiary/aromatic N) is 2. The zero-order valence-corrected chi connectivity index (χ0v) is 10.2. The molecule has 2 aromatic rings. The van der Waals surface area contributed by atoms with E-state index in [9.17, 15) is 0 Å². The van der Waals surface area contributed by atoms with E-state index < -0.39 is 0 Å². The van der Waals surface area contributed by atoms with Gasteiger partial charge in [0.25, 0.3) is 0 Å². The predicted octanol–water partition coefficient (Wildman–Crippen LogP) is 1.82. The van der Waals surface area contributed by atoms with Crippen molar-refractivity contribution in [2.24, 2.45) is 0 Å². The summed E-state index contributed by atoms with van der Waals surface area (Å²) in [5, 5.41) is 10.8. The van der Waals surface area contributed by atoms with Gasteiger partial charge in [0.1, 0.15) is 17.3 Å². The van der Waals surface area contributed by atoms with Crippen LogP contribution in [0.25, 0.3) is 0 Å². The third-order valence-electron chi connectivity index (χ3n) is 2.36. The number of rotatable bonds is 4. The van der Waals surface area contributed by atoms with Crippen LogP contribution in [0.5, 0.6) is 11.5 Å². The van der Waals surface area contributed by atoms with Crippen LogP contribution >= 0.6 is 0 Å². The van der Waals surface area contributed by atoms with Crippen molar-refractivity contribution in [2.75, 3.05) is 25.3 Å². The van der Waals surface area contributed by atoms with Crippen molar-refractivity contribution < 1.29 is 9.47 Å². The highest BCUT2D eigenvalue weighted by molar-refractivity contribution is 5.65. The fourth-order valence-corrected chi connectivity index (χ4v) is 1.45. The van der Waals surface area contributed by atoms with Gasteiger partial charge in [-0.2, -0.15) is 0 Å². The van der Waals surface area contributed by atoms with Gasteiger partial charge >= 0.3 is 0 Å². The molecule has 0 amide bonds. The van der Waals surface area contributed by atoms with Crippen molar-refractivity contribution in [2.45, 2.75) is 0 Å². The summed E-state index contributed by atoms with van der Waals surface area (Å²) in [6.45, 7) is 0. The lowest BCUT2D eigenvalue weighted by molar-refractivity contribution is 0.395. The molecule has 6 nitrogen and oxygen atoms in total. The monoisotopic (exact) mass is 246 g/mol. The fraction of sp³-hybridized carbons (Fsp3) is 0.167. The molecule has 94 valence electrons. The first kappa shape index (κ1) is 12.0. The maximum absolute atomic E-state index is 5.47. The Balaban J connectivity index is 2.25. The summed E-state index contributed by atoms with van der Waals surface area (Å²) >= 11 is 0. The molecule has 1 aromatic heterocycles. The first-order chi connectivity index (χ1) is 8.72. The molecule has 0 aliphatic rings. The molecule has 3 N–H and O–H groups in total. The number of nitrogens with one attached hydrogen (secondary N) is 1. The van der Waals surface area contributed by atoms with Crippen molar-refractivity contribution in [3.63, 3.8) is 0 Å². The van der Waals surface area contributed by atoms with Crippen molar-refractivity contribution in [1.29, 1.82) is 0 Å². The van der Waals surface area contributed by atoms with Gasteiger partial charge in [-0.05, 0) is 24.3 Å². The number of aromatic nitrogens is 2. The van der Waals surface area contributed by atoms with Gasteiger partial charge in [-0.25, -0.2) is 0 Å². The molecule has 0 fully saturated rings. The van der Waals surface area contributed by atoms with Crippen LogP contribution in [0.2, 0.25) is 0 Å². The molecule has 0 unspecified atom stereocenters. The Hall–Kier alpha value is -2.50. The van der Waals surface area contributed by atoms with Gasteiger partial charge in [0.15, 0.2) is 5.82 Å². The molecule has 0 bridgehead atoms. The van der Waals surface area contributed by atoms with Gasteiger partial charge in [-0.15, -0.1) is 10.2 Å². The van der Waals surface area contributed by atoms with E-state index in [1.807, 2.05) is 12.1 Å². The molecule has 0 atom stereocenters. The second-order valence-corrected chi connectivity index (χ2v) is 3.53. The summed E-state index contributed by atoms with van der Waals surface area (Å²) in [6.07, 6.45) is 0. The van der Waals surface area contributed by atoms with E-state index in [1.54, 1.807) is 32.4 Å². The van der Waals surface area contributed by atoms with Crippen LogP contribution < -0.4 is 20.5 Å². The third kappa shape index (κ3) is 2.60. The van der Waals surface area contributed by atoms with Crippen molar-refractivity contribution in [1.82, 2.24) is 10.2 Å². The second kappa shape index (κ2) is 5.22. The van der Waals surface area contributed by atoms with E-state index >= 15 is 0 Å². The minimum absolute atomic E-state index is 0.377. The Morgan fingerprint density at radius 3 is 2.50 bits per heavy atom. The quantitative estimate of drug-likeness (QED) is 0.856. The largest absolute Gasteiger partial charge is 0.497 e. The lowest BCUT2D eigenvalue weighted by Gasteiger charge is -2.11. The van der Waals surface area contributed by atoms with Crippen LogP contribution in [0, 0.1) is 0 Å². The average Bonchev–Trinajstić information content (AvgIpc) is 2.41. The standard InChI is InChI=1S/C12H14N4O2/c1-17-8-3-4-9(10(7-8)18-2)14-12-6-5-11(13)15-16-12/h3-7H,1-2H3,(H2,13,15)(H,14,16). The maximum Gasteiger partial charge on any atom is 0.153 e. The molecule has 0 saturated carbocycles. The van der Waals surface area contributed by atoms with Crippen molar-refractivity contribution in [3.05, 3.63) is 30.3 Å². The first-order valence-corrected chi connectivity index (χ1v) is 5.31.